The van der Waals surface area contributed by atoms with Crippen molar-refractivity contribution in [3.8, 4) is 0 Å². The number of ether oxygens (including phenoxy) is 1. The van der Waals surface area contributed by atoms with Crippen LogP contribution in [0.3, 0.4) is 0 Å². The standard InChI is InChI=1S/C16H26N2O/c1-3-15-5-4-11-18(15)16-8-6-14(7-9-16)13-17-10-12-19-2/h6-9,15,17H,3-5,10-13H2,1-2H3. The highest BCUT2D eigenvalue weighted by atomic mass is 16.5. The van der Waals surface area contributed by atoms with Crippen molar-refractivity contribution in [3.63, 3.8) is 0 Å². The molecule has 0 spiro atoms. The van der Waals surface area contributed by atoms with Crippen molar-refractivity contribution in [1.29, 1.82) is 0 Å². The molecule has 1 aromatic rings. The lowest BCUT2D eigenvalue weighted by Gasteiger charge is -2.26. The Bertz CT molecular complexity index is 364. The van der Waals surface area contributed by atoms with Gasteiger partial charge in [0, 0.05) is 38.5 Å². The molecule has 0 bridgehead atoms. The van der Waals surface area contributed by atoms with Crippen LogP contribution in [0, 0.1) is 0 Å². The predicted molar refractivity (Wildman–Crippen MR) is 80.7 cm³/mol. The minimum absolute atomic E-state index is 0.741. The Morgan fingerprint density at radius 3 is 2.79 bits per heavy atom. The molecule has 19 heavy (non-hydrogen) atoms. The average Bonchev–Trinajstić information content (AvgIpc) is 2.93. The minimum atomic E-state index is 0.741. The van der Waals surface area contributed by atoms with E-state index in [0.717, 1.165) is 25.7 Å². The van der Waals surface area contributed by atoms with E-state index in [1.54, 1.807) is 7.11 Å². The third kappa shape index (κ3) is 3.95. The lowest BCUT2D eigenvalue weighted by Crippen LogP contribution is -2.28. The smallest absolute Gasteiger partial charge is 0.0587 e. The van der Waals surface area contributed by atoms with Gasteiger partial charge in [-0.3, -0.25) is 0 Å². The van der Waals surface area contributed by atoms with Gasteiger partial charge in [0.1, 0.15) is 0 Å². The second-order valence-corrected chi connectivity index (χ2v) is 5.23. The fraction of sp³-hybridized carbons (Fsp3) is 0.625. The molecule has 1 atom stereocenters. The summed E-state index contributed by atoms with van der Waals surface area (Å²) in [6, 6.07) is 9.74. The lowest BCUT2D eigenvalue weighted by atomic mass is 10.1. The molecule has 0 radical (unpaired) electrons. The number of methoxy groups -OCH3 is 1. The SMILES string of the molecule is CCC1CCCN1c1ccc(CNCCOC)cc1. The molecule has 1 heterocycles. The van der Waals surface area contributed by atoms with Gasteiger partial charge in [0.05, 0.1) is 6.61 Å². The molecule has 1 aliphatic heterocycles. The molecule has 1 aromatic carbocycles. The molecule has 1 fully saturated rings. The second kappa shape index (κ2) is 7.51. The number of nitrogens with one attached hydrogen (secondary N) is 1. The summed E-state index contributed by atoms with van der Waals surface area (Å²) in [7, 11) is 1.73. The van der Waals surface area contributed by atoms with Crippen LogP contribution in [0.5, 0.6) is 0 Å². The summed E-state index contributed by atoms with van der Waals surface area (Å²) in [4.78, 5) is 2.56. The quantitative estimate of drug-likeness (QED) is 0.765. The maximum absolute atomic E-state index is 5.02. The maximum Gasteiger partial charge on any atom is 0.0587 e. The van der Waals surface area contributed by atoms with Gasteiger partial charge in [-0.15, -0.1) is 0 Å². The molecular weight excluding hydrogens is 236 g/mol. The third-order valence-corrected chi connectivity index (χ3v) is 3.93. The summed E-state index contributed by atoms with van der Waals surface area (Å²) in [6.45, 7) is 6.09. The first kappa shape index (κ1) is 14.4. The zero-order valence-electron chi connectivity index (χ0n) is 12.2. The summed E-state index contributed by atoms with van der Waals surface area (Å²) >= 11 is 0. The molecule has 1 unspecified atom stereocenters. The monoisotopic (exact) mass is 262 g/mol. The molecule has 3 heteroatoms. The Morgan fingerprint density at radius 1 is 1.32 bits per heavy atom. The van der Waals surface area contributed by atoms with Gasteiger partial charge in [0.25, 0.3) is 0 Å². The summed E-state index contributed by atoms with van der Waals surface area (Å²) < 4.78 is 5.02. The number of rotatable bonds is 7. The van der Waals surface area contributed by atoms with E-state index >= 15 is 0 Å². The van der Waals surface area contributed by atoms with Crippen molar-refractivity contribution in [2.45, 2.75) is 38.8 Å². The lowest BCUT2D eigenvalue weighted by molar-refractivity contribution is 0.199. The van der Waals surface area contributed by atoms with Gasteiger partial charge in [-0.2, -0.15) is 0 Å². The predicted octanol–water partition coefficient (Wildman–Crippen LogP) is 2.80. The van der Waals surface area contributed by atoms with E-state index < -0.39 is 0 Å². The van der Waals surface area contributed by atoms with Gasteiger partial charge in [-0.1, -0.05) is 19.1 Å². The van der Waals surface area contributed by atoms with Crippen molar-refractivity contribution in [2.75, 3.05) is 31.7 Å². The maximum atomic E-state index is 5.02. The van der Waals surface area contributed by atoms with E-state index in [2.05, 4.69) is 41.4 Å². The van der Waals surface area contributed by atoms with Crippen LogP contribution in [0.1, 0.15) is 31.7 Å². The van der Waals surface area contributed by atoms with Crippen molar-refractivity contribution in [2.24, 2.45) is 0 Å². The van der Waals surface area contributed by atoms with Gasteiger partial charge < -0.3 is 15.0 Å². The second-order valence-electron chi connectivity index (χ2n) is 5.23. The van der Waals surface area contributed by atoms with E-state index in [9.17, 15) is 0 Å². The molecule has 1 N–H and O–H groups in total. The Morgan fingerprint density at radius 2 is 2.11 bits per heavy atom. The molecular formula is C16H26N2O. The molecule has 106 valence electrons. The Balaban J connectivity index is 1.87. The first-order valence-electron chi connectivity index (χ1n) is 7.40. The van der Waals surface area contributed by atoms with E-state index in [1.807, 2.05) is 0 Å². The van der Waals surface area contributed by atoms with Gasteiger partial charge in [0.15, 0.2) is 0 Å². The fourth-order valence-electron chi connectivity index (χ4n) is 2.81. The fourth-order valence-corrected chi connectivity index (χ4v) is 2.81. The van der Waals surface area contributed by atoms with Crippen LogP contribution in [-0.4, -0.2) is 32.8 Å². The molecule has 0 saturated carbocycles. The largest absolute Gasteiger partial charge is 0.383 e. The summed E-state index contributed by atoms with van der Waals surface area (Å²) in [5.41, 5.74) is 2.72. The summed E-state index contributed by atoms with van der Waals surface area (Å²) in [6.07, 6.45) is 3.93. The summed E-state index contributed by atoms with van der Waals surface area (Å²) in [5.74, 6) is 0. The number of anilines is 1. The van der Waals surface area contributed by atoms with Crippen molar-refractivity contribution in [1.82, 2.24) is 5.32 Å². The van der Waals surface area contributed by atoms with Crippen molar-refractivity contribution < 1.29 is 4.74 Å². The Hall–Kier alpha value is -1.06. The normalized spacial score (nSPS) is 19.1. The Kier molecular flexibility index (Phi) is 5.67. The van der Waals surface area contributed by atoms with Gasteiger partial charge in [-0.25, -0.2) is 0 Å². The highest BCUT2D eigenvalue weighted by Gasteiger charge is 2.22. The number of hydrogen-bond acceptors (Lipinski definition) is 3. The van der Waals surface area contributed by atoms with Crippen molar-refractivity contribution in [3.05, 3.63) is 29.8 Å². The number of nitrogens with zero attached hydrogens (tertiary/aromatic N) is 1. The van der Waals surface area contributed by atoms with Crippen LogP contribution < -0.4 is 10.2 Å². The van der Waals surface area contributed by atoms with Crippen LogP contribution in [-0.2, 0) is 11.3 Å². The first-order valence-corrected chi connectivity index (χ1v) is 7.40. The van der Waals surface area contributed by atoms with Crippen LogP contribution in [0.25, 0.3) is 0 Å². The van der Waals surface area contributed by atoms with Crippen LogP contribution >= 0.6 is 0 Å². The number of benzene rings is 1. The van der Waals surface area contributed by atoms with E-state index in [-0.39, 0.29) is 0 Å². The molecule has 3 nitrogen and oxygen atoms in total. The topological polar surface area (TPSA) is 24.5 Å². The van der Waals surface area contributed by atoms with E-state index in [1.165, 1.54) is 37.1 Å². The zero-order valence-corrected chi connectivity index (χ0v) is 12.2. The Labute approximate surface area is 116 Å². The van der Waals surface area contributed by atoms with Crippen molar-refractivity contribution >= 4 is 5.69 Å². The van der Waals surface area contributed by atoms with Crippen LogP contribution in [0.4, 0.5) is 5.69 Å². The molecule has 1 aliphatic rings. The molecule has 0 aliphatic carbocycles. The molecule has 0 amide bonds. The van der Waals surface area contributed by atoms with E-state index in [0.29, 0.717) is 0 Å². The zero-order chi connectivity index (χ0) is 13.5. The first-order chi connectivity index (χ1) is 9.35. The third-order valence-electron chi connectivity index (χ3n) is 3.93. The van der Waals surface area contributed by atoms with E-state index in [4.69, 9.17) is 4.74 Å². The molecule has 1 saturated heterocycles. The highest BCUT2D eigenvalue weighted by Crippen LogP contribution is 2.27. The van der Waals surface area contributed by atoms with Crippen LogP contribution in [0.15, 0.2) is 24.3 Å². The average molecular weight is 262 g/mol. The van der Waals surface area contributed by atoms with Gasteiger partial charge >= 0.3 is 0 Å². The highest BCUT2D eigenvalue weighted by molar-refractivity contribution is 5.49. The van der Waals surface area contributed by atoms with Gasteiger partial charge in [-0.05, 0) is 37.0 Å². The summed E-state index contributed by atoms with van der Waals surface area (Å²) in [5, 5.41) is 3.37. The van der Waals surface area contributed by atoms with Crippen LogP contribution in [0.2, 0.25) is 0 Å². The molecule has 2 rings (SSSR count). The molecule has 0 aromatic heterocycles. The van der Waals surface area contributed by atoms with Gasteiger partial charge in [0.2, 0.25) is 0 Å². The minimum Gasteiger partial charge on any atom is -0.383 e. The number of hydrogen-bond donors (Lipinski definition) is 1.